The van der Waals surface area contributed by atoms with E-state index in [1.165, 1.54) is 12.8 Å². The highest BCUT2D eigenvalue weighted by molar-refractivity contribution is 5.02. The second kappa shape index (κ2) is 6.36. The maximum atomic E-state index is 10.6. The lowest BCUT2D eigenvalue weighted by atomic mass is 9.76. The summed E-state index contributed by atoms with van der Waals surface area (Å²) in [6.07, 6.45) is 5.45. The third-order valence-corrected chi connectivity index (χ3v) is 5.99. The first-order valence-electron chi connectivity index (χ1n) is 8.76. The molecule has 22 heavy (non-hydrogen) atoms. The van der Waals surface area contributed by atoms with E-state index in [2.05, 4.69) is 23.9 Å². The largest absolute Gasteiger partial charge is 0.386 e. The molecule has 3 aliphatic heterocycles. The highest BCUT2D eigenvalue weighted by Crippen LogP contribution is 2.40. The molecule has 3 heterocycles. The minimum Gasteiger partial charge on any atom is -0.386 e. The number of hydrogen-bond donors (Lipinski definition) is 1. The maximum Gasteiger partial charge on any atom is 0.101 e. The number of hydrogen-bond acceptors (Lipinski definition) is 5. The zero-order chi connectivity index (χ0) is 15.8. The molecule has 0 aromatic rings. The Labute approximate surface area is 134 Å². The molecule has 0 aromatic carbocycles. The summed E-state index contributed by atoms with van der Waals surface area (Å²) in [6.45, 7) is 6.41. The third-order valence-electron chi connectivity index (χ3n) is 5.99. The van der Waals surface area contributed by atoms with Crippen molar-refractivity contribution in [1.29, 1.82) is 0 Å². The first-order valence-corrected chi connectivity index (χ1v) is 8.76. The summed E-state index contributed by atoms with van der Waals surface area (Å²) < 4.78 is 11.7. The normalized spacial score (nSPS) is 37.8. The number of ether oxygens (including phenoxy) is 2. The van der Waals surface area contributed by atoms with Crippen molar-refractivity contribution < 1.29 is 14.6 Å². The van der Waals surface area contributed by atoms with Gasteiger partial charge in [0.2, 0.25) is 0 Å². The molecule has 0 amide bonds. The van der Waals surface area contributed by atoms with Gasteiger partial charge >= 0.3 is 0 Å². The SMILES string of the molecule is CN(C)[C@H]1CC2(CCN(C3CCOCC3)CC2)OC[C@]1(C)O. The average Bonchev–Trinajstić information content (AvgIpc) is 2.51. The van der Waals surface area contributed by atoms with Gasteiger partial charge in [0.05, 0.1) is 12.2 Å². The molecular formula is C17H32N2O3. The molecule has 0 bridgehead atoms. The third kappa shape index (κ3) is 3.34. The van der Waals surface area contributed by atoms with Crippen LogP contribution >= 0.6 is 0 Å². The Bertz CT molecular complexity index is 372. The van der Waals surface area contributed by atoms with Gasteiger partial charge in [-0.2, -0.15) is 0 Å². The summed E-state index contributed by atoms with van der Waals surface area (Å²) in [5.41, 5.74) is -0.772. The van der Waals surface area contributed by atoms with E-state index in [1.807, 2.05) is 6.92 Å². The lowest BCUT2D eigenvalue weighted by Gasteiger charge is -2.53. The fourth-order valence-corrected chi connectivity index (χ4v) is 4.46. The molecular weight excluding hydrogens is 280 g/mol. The van der Waals surface area contributed by atoms with Crippen LogP contribution < -0.4 is 0 Å². The summed E-state index contributed by atoms with van der Waals surface area (Å²) >= 11 is 0. The molecule has 3 saturated heterocycles. The standard InChI is InChI=1S/C17H32N2O3/c1-16(20)13-22-17(12-15(16)18(2)3)6-8-19(9-7-17)14-4-10-21-11-5-14/h14-15,20H,4-13H2,1-3H3/t15-,16-/m0/s1. The predicted octanol–water partition coefficient (Wildman–Crippen LogP) is 1.10. The van der Waals surface area contributed by atoms with E-state index in [0.717, 1.165) is 45.6 Å². The predicted molar refractivity (Wildman–Crippen MR) is 86.0 cm³/mol. The van der Waals surface area contributed by atoms with Crippen LogP contribution in [0.2, 0.25) is 0 Å². The van der Waals surface area contributed by atoms with E-state index in [1.54, 1.807) is 0 Å². The van der Waals surface area contributed by atoms with Crippen LogP contribution in [0.3, 0.4) is 0 Å². The van der Waals surface area contributed by atoms with Crippen molar-refractivity contribution in [1.82, 2.24) is 9.80 Å². The van der Waals surface area contributed by atoms with Crippen LogP contribution in [0, 0.1) is 0 Å². The average molecular weight is 312 g/mol. The monoisotopic (exact) mass is 312 g/mol. The van der Waals surface area contributed by atoms with Gasteiger partial charge in [-0.3, -0.25) is 4.90 Å². The first-order chi connectivity index (χ1) is 10.4. The van der Waals surface area contributed by atoms with Crippen LogP contribution in [0.4, 0.5) is 0 Å². The molecule has 0 aromatic heterocycles. The van der Waals surface area contributed by atoms with Crippen molar-refractivity contribution in [3.05, 3.63) is 0 Å². The van der Waals surface area contributed by atoms with E-state index in [9.17, 15) is 5.11 Å². The van der Waals surface area contributed by atoms with Gasteiger partial charge in [-0.25, -0.2) is 0 Å². The summed E-state index contributed by atoms with van der Waals surface area (Å²) in [4.78, 5) is 4.80. The van der Waals surface area contributed by atoms with Crippen LogP contribution in [0.5, 0.6) is 0 Å². The van der Waals surface area contributed by atoms with Crippen LogP contribution in [-0.4, -0.2) is 85.2 Å². The quantitative estimate of drug-likeness (QED) is 0.827. The molecule has 0 radical (unpaired) electrons. The van der Waals surface area contributed by atoms with Gasteiger partial charge in [-0.05, 0) is 53.1 Å². The minimum atomic E-state index is -0.743. The van der Waals surface area contributed by atoms with E-state index in [4.69, 9.17) is 9.47 Å². The van der Waals surface area contributed by atoms with Gasteiger partial charge in [0, 0.05) is 38.4 Å². The Morgan fingerprint density at radius 3 is 2.36 bits per heavy atom. The smallest absolute Gasteiger partial charge is 0.101 e. The zero-order valence-electron chi connectivity index (χ0n) is 14.4. The molecule has 3 rings (SSSR count). The van der Waals surface area contributed by atoms with Gasteiger partial charge in [0.25, 0.3) is 0 Å². The molecule has 0 unspecified atom stereocenters. The van der Waals surface area contributed by atoms with Crippen LogP contribution in [0.1, 0.15) is 39.0 Å². The van der Waals surface area contributed by atoms with E-state index in [-0.39, 0.29) is 11.6 Å². The van der Waals surface area contributed by atoms with Gasteiger partial charge in [-0.1, -0.05) is 0 Å². The molecule has 0 aliphatic carbocycles. The highest BCUT2D eigenvalue weighted by atomic mass is 16.5. The van der Waals surface area contributed by atoms with Gasteiger partial charge in [0.1, 0.15) is 5.60 Å². The summed E-state index contributed by atoms with van der Waals surface area (Å²) in [6, 6.07) is 0.873. The summed E-state index contributed by atoms with van der Waals surface area (Å²) in [5.74, 6) is 0. The van der Waals surface area contributed by atoms with Crippen molar-refractivity contribution in [2.75, 3.05) is 47.0 Å². The number of likely N-dealkylation sites (tertiary alicyclic amines) is 1. The molecule has 0 saturated carbocycles. The van der Waals surface area contributed by atoms with Crippen molar-refractivity contribution in [3.63, 3.8) is 0 Å². The maximum absolute atomic E-state index is 10.6. The Hall–Kier alpha value is -0.200. The van der Waals surface area contributed by atoms with E-state index >= 15 is 0 Å². The summed E-state index contributed by atoms with van der Waals surface area (Å²) in [7, 11) is 4.13. The number of aliphatic hydroxyl groups is 1. The van der Waals surface area contributed by atoms with Crippen LogP contribution in [0.15, 0.2) is 0 Å². The molecule has 1 spiro atoms. The van der Waals surface area contributed by atoms with Gasteiger partial charge < -0.3 is 19.5 Å². The Kier molecular flexibility index (Phi) is 4.82. The fourth-order valence-electron chi connectivity index (χ4n) is 4.46. The van der Waals surface area contributed by atoms with E-state index < -0.39 is 5.60 Å². The minimum absolute atomic E-state index is 0.0289. The zero-order valence-corrected chi connectivity index (χ0v) is 14.4. The second-order valence-corrected chi connectivity index (χ2v) is 7.89. The second-order valence-electron chi connectivity index (χ2n) is 7.89. The number of nitrogens with zero attached hydrogens (tertiary/aromatic N) is 2. The van der Waals surface area contributed by atoms with Crippen LogP contribution in [0.25, 0.3) is 0 Å². The first kappa shape index (κ1) is 16.7. The van der Waals surface area contributed by atoms with Crippen molar-refractivity contribution in [2.45, 2.75) is 62.3 Å². The number of piperidine rings is 1. The van der Waals surface area contributed by atoms with Crippen LogP contribution in [-0.2, 0) is 9.47 Å². The molecule has 3 aliphatic rings. The van der Waals surface area contributed by atoms with Gasteiger partial charge in [0.15, 0.2) is 0 Å². The molecule has 128 valence electrons. The Morgan fingerprint density at radius 1 is 1.14 bits per heavy atom. The Morgan fingerprint density at radius 2 is 1.77 bits per heavy atom. The summed E-state index contributed by atoms with van der Waals surface area (Å²) in [5, 5.41) is 10.6. The molecule has 5 nitrogen and oxygen atoms in total. The lowest BCUT2D eigenvalue weighted by Crippen LogP contribution is -2.63. The number of rotatable bonds is 2. The molecule has 3 fully saturated rings. The molecule has 2 atom stereocenters. The molecule has 1 N–H and O–H groups in total. The van der Waals surface area contributed by atoms with Crippen molar-refractivity contribution in [3.8, 4) is 0 Å². The Balaban J connectivity index is 1.60. The van der Waals surface area contributed by atoms with Gasteiger partial charge in [-0.15, -0.1) is 0 Å². The molecule has 5 heteroatoms. The lowest BCUT2D eigenvalue weighted by molar-refractivity contribution is -0.208. The van der Waals surface area contributed by atoms with Crippen molar-refractivity contribution in [2.24, 2.45) is 0 Å². The number of likely N-dealkylation sites (N-methyl/N-ethyl adjacent to an activating group) is 1. The highest BCUT2D eigenvalue weighted by Gasteiger charge is 2.49. The fraction of sp³-hybridized carbons (Fsp3) is 1.00. The van der Waals surface area contributed by atoms with E-state index in [0.29, 0.717) is 12.6 Å². The van der Waals surface area contributed by atoms with Crippen molar-refractivity contribution >= 4 is 0 Å². The topological polar surface area (TPSA) is 45.2 Å².